The summed E-state index contributed by atoms with van der Waals surface area (Å²) in [6, 6.07) is 1.84. The van der Waals surface area contributed by atoms with Gasteiger partial charge in [-0.05, 0) is 64.2 Å². The minimum atomic E-state index is -2.58. The predicted molar refractivity (Wildman–Crippen MR) is 149 cm³/mol. The molecule has 0 fully saturated rings. The fourth-order valence-electron chi connectivity index (χ4n) is 4.33. The van der Waals surface area contributed by atoms with Crippen LogP contribution in [0.25, 0.3) is 11.2 Å². The van der Waals surface area contributed by atoms with E-state index < -0.39 is 6.43 Å². The zero-order valence-corrected chi connectivity index (χ0v) is 22.9. The fourth-order valence-corrected chi connectivity index (χ4v) is 4.33. The van der Waals surface area contributed by atoms with E-state index in [1.165, 1.54) is 11.6 Å². The van der Waals surface area contributed by atoms with Crippen molar-refractivity contribution < 1.29 is 17.9 Å². The van der Waals surface area contributed by atoms with E-state index in [1.807, 2.05) is 32.9 Å². The third kappa shape index (κ3) is 6.65. The van der Waals surface area contributed by atoms with E-state index in [0.717, 1.165) is 17.6 Å². The molecule has 5 nitrogen and oxygen atoms in total. The van der Waals surface area contributed by atoms with Crippen LogP contribution < -0.4 is 10.1 Å². The largest absolute Gasteiger partial charge is 0.489 e. The fraction of sp³-hybridized carbons (Fsp3) is 0.400. The van der Waals surface area contributed by atoms with Gasteiger partial charge in [0.25, 0.3) is 6.43 Å². The van der Waals surface area contributed by atoms with E-state index in [4.69, 9.17) is 4.74 Å². The SMILES string of the molecule is C=CCCOc1cc(C(/C=C\C(=C(C)C)C(F)F)=C\CC)c2nncn2c1NCC1=C(F)CCC(C)=C1C. The molecule has 204 valence electrons. The summed E-state index contributed by atoms with van der Waals surface area (Å²) in [5.41, 5.74) is 5.26. The zero-order chi connectivity index (χ0) is 27.8. The second-order valence-electron chi connectivity index (χ2n) is 9.52. The van der Waals surface area contributed by atoms with Crippen LogP contribution in [0.5, 0.6) is 5.75 Å². The Morgan fingerprint density at radius 2 is 2.00 bits per heavy atom. The lowest BCUT2D eigenvalue weighted by molar-refractivity contribution is 0.193. The van der Waals surface area contributed by atoms with Crippen LogP contribution in [0.1, 0.15) is 65.9 Å². The molecule has 8 heteroatoms. The van der Waals surface area contributed by atoms with Crippen LogP contribution in [-0.4, -0.2) is 34.2 Å². The molecule has 0 aromatic carbocycles. The molecule has 1 aliphatic rings. The van der Waals surface area contributed by atoms with Gasteiger partial charge in [0.1, 0.15) is 12.2 Å². The second kappa shape index (κ2) is 13.3. The molecular weight excluding hydrogens is 489 g/mol. The number of hydrogen-bond donors (Lipinski definition) is 1. The van der Waals surface area contributed by atoms with E-state index >= 15 is 0 Å². The number of hydrogen-bond acceptors (Lipinski definition) is 4. The molecular formula is C30H37F3N4O. The maximum absolute atomic E-state index is 14.8. The summed E-state index contributed by atoms with van der Waals surface area (Å²) in [6.07, 6.45) is 8.28. The number of pyridine rings is 1. The van der Waals surface area contributed by atoms with Crippen LogP contribution in [0, 0.1) is 0 Å². The number of anilines is 1. The molecule has 0 spiro atoms. The van der Waals surface area contributed by atoms with Gasteiger partial charge in [0, 0.05) is 29.7 Å². The molecule has 1 N–H and O–H groups in total. The molecule has 0 bridgehead atoms. The molecule has 0 saturated carbocycles. The van der Waals surface area contributed by atoms with E-state index in [0.29, 0.717) is 59.8 Å². The van der Waals surface area contributed by atoms with Crippen molar-refractivity contribution in [2.45, 2.75) is 66.7 Å². The van der Waals surface area contributed by atoms with Crippen molar-refractivity contribution in [3.05, 3.63) is 82.5 Å². The van der Waals surface area contributed by atoms with Crippen LogP contribution >= 0.6 is 0 Å². The van der Waals surface area contributed by atoms with Gasteiger partial charge in [-0.2, -0.15) is 0 Å². The van der Waals surface area contributed by atoms with Crippen LogP contribution in [0.4, 0.5) is 19.0 Å². The normalized spacial score (nSPS) is 14.7. The molecule has 1 aliphatic carbocycles. The summed E-state index contributed by atoms with van der Waals surface area (Å²) in [7, 11) is 0. The number of fused-ring (bicyclic) bond motifs is 1. The van der Waals surface area contributed by atoms with Crippen LogP contribution in [0.2, 0.25) is 0 Å². The first-order valence-electron chi connectivity index (χ1n) is 12.9. The Labute approximate surface area is 223 Å². The van der Waals surface area contributed by atoms with Gasteiger partial charge >= 0.3 is 0 Å². The maximum Gasteiger partial charge on any atom is 0.263 e. The Kier molecular flexibility index (Phi) is 10.2. The topological polar surface area (TPSA) is 51.5 Å². The monoisotopic (exact) mass is 526 g/mol. The van der Waals surface area contributed by atoms with Crippen molar-refractivity contribution in [3.63, 3.8) is 0 Å². The van der Waals surface area contributed by atoms with Gasteiger partial charge in [-0.3, -0.25) is 4.40 Å². The highest BCUT2D eigenvalue weighted by atomic mass is 19.3. The second-order valence-corrected chi connectivity index (χ2v) is 9.52. The molecule has 0 aliphatic heterocycles. The number of nitrogens with zero attached hydrogens (tertiary/aromatic N) is 3. The predicted octanol–water partition coefficient (Wildman–Crippen LogP) is 8.40. The highest BCUT2D eigenvalue weighted by Crippen LogP contribution is 2.35. The lowest BCUT2D eigenvalue weighted by atomic mass is 9.92. The minimum Gasteiger partial charge on any atom is -0.489 e. The van der Waals surface area contributed by atoms with E-state index in [1.54, 1.807) is 36.7 Å². The Bertz CT molecular complexity index is 1320. The van der Waals surface area contributed by atoms with Crippen molar-refractivity contribution >= 4 is 17.0 Å². The Hall–Kier alpha value is -3.55. The number of aromatic nitrogens is 3. The quantitative estimate of drug-likeness (QED) is 0.171. The average molecular weight is 527 g/mol. The first kappa shape index (κ1) is 29.0. The summed E-state index contributed by atoms with van der Waals surface area (Å²) in [5.74, 6) is 1.00. The van der Waals surface area contributed by atoms with Crippen molar-refractivity contribution in [2.24, 2.45) is 0 Å². The molecule has 0 amide bonds. The Morgan fingerprint density at radius 3 is 2.66 bits per heavy atom. The number of allylic oxidation sites excluding steroid dienone is 8. The molecule has 3 rings (SSSR count). The molecule has 38 heavy (non-hydrogen) atoms. The summed E-state index contributed by atoms with van der Waals surface area (Å²) in [6.45, 7) is 13.7. The van der Waals surface area contributed by atoms with Gasteiger partial charge in [0.2, 0.25) is 0 Å². The summed E-state index contributed by atoms with van der Waals surface area (Å²) in [5, 5.41) is 11.8. The number of nitrogens with one attached hydrogen (secondary N) is 1. The third-order valence-corrected chi connectivity index (χ3v) is 6.68. The molecule has 0 radical (unpaired) electrons. The molecule has 0 saturated heterocycles. The first-order valence-corrected chi connectivity index (χ1v) is 12.9. The van der Waals surface area contributed by atoms with Crippen molar-refractivity contribution in [1.29, 1.82) is 0 Å². The highest BCUT2D eigenvalue weighted by molar-refractivity contribution is 5.85. The van der Waals surface area contributed by atoms with Gasteiger partial charge < -0.3 is 10.1 Å². The highest BCUT2D eigenvalue weighted by Gasteiger charge is 2.21. The molecule has 2 aromatic heterocycles. The van der Waals surface area contributed by atoms with Crippen molar-refractivity contribution in [3.8, 4) is 5.75 Å². The van der Waals surface area contributed by atoms with Crippen molar-refractivity contribution in [1.82, 2.24) is 14.6 Å². The van der Waals surface area contributed by atoms with Crippen LogP contribution in [0.15, 0.2) is 77.0 Å². The summed E-state index contributed by atoms with van der Waals surface area (Å²) >= 11 is 0. The standard InChI is InChI=1S/C30H37F3N4O/c1-7-9-15-38-27-16-24(22(10-8-2)12-13-23(19(3)4)28(32)33)29-36-35-18-37(29)30(27)34-17-25-21(6)20(5)11-14-26(25)31/h7,10,12-13,16,18,28,34H,1,8-9,11,14-15,17H2,2-6H3/b13-12-,22-10-. The third-order valence-electron chi connectivity index (χ3n) is 6.68. The molecule has 0 atom stereocenters. The summed E-state index contributed by atoms with van der Waals surface area (Å²) in [4.78, 5) is 0. The Balaban J connectivity index is 2.11. The maximum atomic E-state index is 14.8. The summed E-state index contributed by atoms with van der Waals surface area (Å²) < 4.78 is 49.8. The lowest BCUT2D eigenvalue weighted by Gasteiger charge is -2.22. The average Bonchev–Trinajstić information content (AvgIpc) is 3.36. The number of rotatable bonds is 12. The minimum absolute atomic E-state index is 0.0215. The van der Waals surface area contributed by atoms with Crippen LogP contribution in [-0.2, 0) is 0 Å². The molecule has 2 heterocycles. The van der Waals surface area contributed by atoms with Crippen molar-refractivity contribution in [2.75, 3.05) is 18.5 Å². The number of halogens is 3. The smallest absolute Gasteiger partial charge is 0.263 e. The van der Waals surface area contributed by atoms with Gasteiger partial charge in [0.05, 0.1) is 6.61 Å². The van der Waals surface area contributed by atoms with Gasteiger partial charge in [-0.15, -0.1) is 16.8 Å². The zero-order valence-electron chi connectivity index (χ0n) is 22.9. The molecule has 0 unspecified atom stereocenters. The van der Waals surface area contributed by atoms with Crippen LogP contribution in [0.3, 0.4) is 0 Å². The van der Waals surface area contributed by atoms with Gasteiger partial charge in [-0.25, -0.2) is 13.2 Å². The molecule has 2 aromatic rings. The van der Waals surface area contributed by atoms with E-state index in [2.05, 4.69) is 22.1 Å². The number of ether oxygens (including phenoxy) is 1. The van der Waals surface area contributed by atoms with E-state index in [-0.39, 0.29) is 17.9 Å². The lowest BCUT2D eigenvalue weighted by Crippen LogP contribution is -2.15. The van der Waals surface area contributed by atoms with E-state index in [9.17, 15) is 13.2 Å². The first-order chi connectivity index (χ1) is 18.2. The van der Waals surface area contributed by atoms with Gasteiger partial charge in [0.15, 0.2) is 17.2 Å². The Morgan fingerprint density at radius 1 is 1.24 bits per heavy atom. The number of alkyl halides is 2. The van der Waals surface area contributed by atoms with Gasteiger partial charge in [-0.1, -0.05) is 42.4 Å².